The van der Waals surface area contributed by atoms with E-state index in [9.17, 15) is 14.9 Å². The lowest BCUT2D eigenvalue weighted by atomic mass is 10.2. The van der Waals surface area contributed by atoms with Gasteiger partial charge in [-0.05, 0) is 12.1 Å². The predicted molar refractivity (Wildman–Crippen MR) is 72.2 cm³/mol. The molecule has 21 heavy (non-hydrogen) atoms. The first-order valence-electron chi connectivity index (χ1n) is 6.12. The van der Waals surface area contributed by atoms with Crippen molar-refractivity contribution in [2.24, 2.45) is 0 Å². The molecule has 1 aromatic carbocycles. The molecule has 0 saturated carbocycles. The Morgan fingerprint density at radius 2 is 2.10 bits per heavy atom. The Morgan fingerprint density at radius 3 is 2.71 bits per heavy atom. The molecule has 1 heterocycles. The molecule has 0 fully saturated rings. The van der Waals surface area contributed by atoms with Crippen LogP contribution in [-0.2, 0) is 11.3 Å². The number of aromatic nitrogens is 3. The van der Waals surface area contributed by atoms with Crippen molar-refractivity contribution in [3.8, 4) is 11.4 Å². The van der Waals surface area contributed by atoms with Crippen molar-refractivity contribution < 1.29 is 14.8 Å². The molecule has 0 aliphatic rings. The molecule has 0 saturated heterocycles. The van der Waals surface area contributed by atoms with Crippen LogP contribution < -0.4 is 5.32 Å². The van der Waals surface area contributed by atoms with E-state index in [0.29, 0.717) is 11.4 Å². The zero-order chi connectivity index (χ0) is 15.2. The van der Waals surface area contributed by atoms with Crippen molar-refractivity contribution in [1.82, 2.24) is 20.1 Å². The molecule has 110 valence electrons. The van der Waals surface area contributed by atoms with Gasteiger partial charge in [-0.3, -0.25) is 14.9 Å². The molecule has 2 N–H and O–H groups in total. The summed E-state index contributed by atoms with van der Waals surface area (Å²) < 4.78 is 1.35. The third kappa shape index (κ3) is 3.83. The highest BCUT2D eigenvalue weighted by Crippen LogP contribution is 2.18. The standard InChI is InChI=1S/C12H13N5O4/c18-6-5-13-11(19)7-16-8-14-12(15-16)9-1-3-10(4-2-9)17(20)21/h1-4,8,18H,5-7H2,(H,13,19). The summed E-state index contributed by atoms with van der Waals surface area (Å²) >= 11 is 0. The minimum atomic E-state index is -0.485. The van der Waals surface area contributed by atoms with Crippen molar-refractivity contribution in [3.05, 3.63) is 40.7 Å². The van der Waals surface area contributed by atoms with Crippen LogP contribution >= 0.6 is 0 Å². The largest absolute Gasteiger partial charge is 0.395 e. The van der Waals surface area contributed by atoms with Crippen LogP contribution in [0.25, 0.3) is 11.4 Å². The van der Waals surface area contributed by atoms with Crippen LogP contribution in [0.4, 0.5) is 5.69 Å². The number of rotatable bonds is 6. The van der Waals surface area contributed by atoms with E-state index in [1.54, 1.807) is 12.1 Å². The molecule has 0 aliphatic heterocycles. The van der Waals surface area contributed by atoms with Gasteiger partial charge in [0.1, 0.15) is 12.9 Å². The van der Waals surface area contributed by atoms with Crippen molar-refractivity contribution in [1.29, 1.82) is 0 Å². The molecule has 9 nitrogen and oxygen atoms in total. The maximum absolute atomic E-state index is 11.5. The van der Waals surface area contributed by atoms with E-state index in [-0.39, 0.29) is 31.3 Å². The van der Waals surface area contributed by atoms with Crippen molar-refractivity contribution >= 4 is 11.6 Å². The fourth-order valence-electron chi connectivity index (χ4n) is 1.63. The lowest BCUT2D eigenvalue weighted by Crippen LogP contribution is -2.30. The fourth-order valence-corrected chi connectivity index (χ4v) is 1.63. The highest BCUT2D eigenvalue weighted by molar-refractivity contribution is 5.75. The number of benzene rings is 1. The van der Waals surface area contributed by atoms with Gasteiger partial charge in [0, 0.05) is 24.2 Å². The van der Waals surface area contributed by atoms with E-state index < -0.39 is 4.92 Å². The summed E-state index contributed by atoms with van der Waals surface area (Å²) in [6.07, 6.45) is 1.40. The van der Waals surface area contributed by atoms with Crippen LogP contribution in [0, 0.1) is 10.1 Å². The van der Waals surface area contributed by atoms with Crippen LogP contribution in [0.3, 0.4) is 0 Å². The van der Waals surface area contributed by atoms with Crippen LogP contribution in [0.2, 0.25) is 0 Å². The van der Waals surface area contributed by atoms with Gasteiger partial charge in [0.05, 0.1) is 11.5 Å². The zero-order valence-corrected chi connectivity index (χ0v) is 11.0. The summed E-state index contributed by atoms with van der Waals surface area (Å²) in [5, 5.41) is 25.8. The topological polar surface area (TPSA) is 123 Å². The Hall–Kier alpha value is -2.81. The highest BCUT2D eigenvalue weighted by Gasteiger charge is 2.09. The number of nitrogens with zero attached hydrogens (tertiary/aromatic N) is 4. The van der Waals surface area contributed by atoms with E-state index in [1.165, 1.54) is 23.1 Å². The quantitative estimate of drug-likeness (QED) is 0.568. The number of carbonyl (C=O) groups excluding carboxylic acids is 1. The molecule has 0 bridgehead atoms. The number of hydrogen-bond acceptors (Lipinski definition) is 6. The van der Waals surface area contributed by atoms with Crippen molar-refractivity contribution in [2.75, 3.05) is 13.2 Å². The Kier molecular flexibility index (Phi) is 4.57. The Balaban J connectivity index is 2.05. The maximum atomic E-state index is 11.5. The molecular formula is C12H13N5O4. The van der Waals surface area contributed by atoms with E-state index in [0.717, 1.165) is 0 Å². The smallest absolute Gasteiger partial charge is 0.269 e. The molecule has 0 unspecified atom stereocenters. The van der Waals surface area contributed by atoms with E-state index in [1.807, 2.05) is 0 Å². The van der Waals surface area contributed by atoms with Gasteiger partial charge in [0.2, 0.25) is 5.91 Å². The summed E-state index contributed by atoms with van der Waals surface area (Å²) in [5.41, 5.74) is 0.608. The fraction of sp³-hybridized carbons (Fsp3) is 0.250. The monoisotopic (exact) mass is 291 g/mol. The summed E-state index contributed by atoms with van der Waals surface area (Å²) in [5.74, 6) is 0.0871. The van der Waals surface area contributed by atoms with Crippen LogP contribution in [0.1, 0.15) is 0 Å². The number of hydrogen-bond donors (Lipinski definition) is 2. The van der Waals surface area contributed by atoms with Gasteiger partial charge in [-0.15, -0.1) is 0 Å². The number of nitro groups is 1. The van der Waals surface area contributed by atoms with E-state index in [2.05, 4.69) is 15.4 Å². The second kappa shape index (κ2) is 6.57. The third-order valence-electron chi connectivity index (χ3n) is 2.61. The third-order valence-corrected chi connectivity index (χ3v) is 2.61. The Labute approximate surface area is 119 Å². The second-order valence-electron chi connectivity index (χ2n) is 4.14. The van der Waals surface area contributed by atoms with Gasteiger partial charge < -0.3 is 10.4 Å². The molecule has 0 atom stereocenters. The molecule has 1 aromatic heterocycles. The van der Waals surface area contributed by atoms with Gasteiger partial charge in [-0.1, -0.05) is 0 Å². The number of nitro benzene ring substituents is 1. The van der Waals surface area contributed by atoms with Gasteiger partial charge in [-0.25, -0.2) is 9.67 Å². The predicted octanol–water partition coefficient (Wildman–Crippen LogP) is -0.0382. The molecule has 0 aliphatic carbocycles. The first-order chi connectivity index (χ1) is 10.1. The summed E-state index contributed by atoms with van der Waals surface area (Å²) in [6.45, 7) is 0.0415. The Morgan fingerprint density at radius 1 is 1.38 bits per heavy atom. The number of amides is 1. The lowest BCUT2D eigenvalue weighted by molar-refractivity contribution is -0.384. The zero-order valence-electron chi connectivity index (χ0n) is 11.0. The molecule has 1 amide bonds. The maximum Gasteiger partial charge on any atom is 0.269 e. The normalized spacial score (nSPS) is 10.3. The summed E-state index contributed by atoms with van der Waals surface area (Å²) in [4.78, 5) is 25.6. The first kappa shape index (κ1) is 14.6. The van der Waals surface area contributed by atoms with Crippen LogP contribution in [-0.4, -0.2) is 43.9 Å². The molecule has 2 rings (SSSR count). The summed E-state index contributed by atoms with van der Waals surface area (Å²) in [7, 11) is 0. The number of nitrogens with one attached hydrogen (secondary N) is 1. The average molecular weight is 291 g/mol. The molecule has 9 heteroatoms. The molecule has 0 spiro atoms. The average Bonchev–Trinajstić information content (AvgIpc) is 2.93. The van der Waals surface area contributed by atoms with Gasteiger partial charge in [0.15, 0.2) is 5.82 Å². The minimum absolute atomic E-state index is 0.0124. The first-order valence-corrected chi connectivity index (χ1v) is 6.12. The molecule has 2 aromatic rings. The van der Waals surface area contributed by atoms with Gasteiger partial charge in [-0.2, -0.15) is 5.10 Å². The van der Waals surface area contributed by atoms with Crippen LogP contribution in [0.15, 0.2) is 30.6 Å². The number of aliphatic hydroxyl groups excluding tert-OH is 1. The van der Waals surface area contributed by atoms with Gasteiger partial charge >= 0.3 is 0 Å². The number of non-ortho nitro benzene ring substituents is 1. The van der Waals surface area contributed by atoms with E-state index >= 15 is 0 Å². The van der Waals surface area contributed by atoms with E-state index in [4.69, 9.17) is 5.11 Å². The SMILES string of the molecule is O=C(Cn1cnc(-c2ccc([N+](=O)[O-])cc2)n1)NCCO. The number of aliphatic hydroxyl groups is 1. The molecular weight excluding hydrogens is 278 g/mol. The van der Waals surface area contributed by atoms with Crippen molar-refractivity contribution in [3.63, 3.8) is 0 Å². The van der Waals surface area contributed by atoms with Crippen LogP contribution in [0.5, 0.6) is 0 Å². The van der Waals surface area contributed by atoms with Crippen molar-refractivity contribution in [2.45, 2.75) is 6.54 Å². The second-order valence-corrected chi connectivity index (χ2v) is 4.14. The summed E-state index contributed by atoms with van der Waals surface area (Å²) in [6, 6.07) is 5.82. The Bertz CT molecular complexity index is 637. The number of carbonyl (C=O) groups is 1. The highest BCUT2D eigenvalue weighted by atomic mass is 16.6. The van der Waals surface area contributed by atoms with Gasteiger partial charge in [0.25, 0.3) is 5.69 Å². The molecule has 0 radical (unpaired) electrons. The minimum Gasteiger partial charge on any atom is -0.395 e. The lowest BCUT2D eigenvalue weighted by Gasteiger charge is -2.02.